The van der Waals surface area contributed by atoms with Crippen molar-refractivity contribution in [2.45, 2.75) is 58.0 Å². The third-order valence-corrected chi connectivity index (χ3v) is 9.29. The summed E-state index contributed by atoms with van der Waals surface area (Å²) in [5.41, 5.74) is 2.80. The SMILES string of the molecule is CN1CC=C(c2ccc3cc(NC(=O)OCc4ccccc4)c(C(=O)Nc4cnccc4N4CC(C(F)(F)F)C[C@H](NC(=O)OC(C)(C)C)C4)nc3c2)CC1. The number of anilines is 3. The molecule has 1 saturated heterocycles. The number of rotatable bonds is 8. The molecule has 0 spiro atoms. The largest absolute Gasteiger partial charge is 0.444 e. The molecule has 2 aliphatic rings. The van der Waals surface area contributed by atoms with Crippen molar-refractivity contribution in [3.63, 3.8) is 0 Å². The van der Waals surface area contributed by atoms with Crippen LogP contribution in [0, 0.1) is 5.92 Å². The second-order valence-electron chi connectivity index (χ2n) is 14.8. The molecule has 0 radical (unpaired) electrons. The molecular formula is C40H44F3N7O5. The fourth-order valence-electron chi connectivity index (χ4n) is 6.59. The lowest BCUT2D eigenvalue weighted by molar-refractivity contribution is -0.177. The maximum Gasteiger partial charge on any atom is 0.412 e. The van der Waals surface area contributed by atoms with Crippen molar-refractivity contribution >= 4 is 51.6 Å². The van der Waals surface area contributed by atoms with Gasteiger partial charge in [0.25, 0.3) is 5.91 Å². The Labute approximate surface area is 317 Å². The summed E-state index contributed by atoms with van der Waals surface area (Å²) in [7, 11) is 2.05. The van der Waals surface area contributed by atoms with E-state index in [1.54, 1.807) is 26.8 Å². The Morgan fingerprint density at radius 3 is 2.44 bits per heavy atom. The lowest BCUT2D eigenvalue weighted by Gasteiger charge is -2.40. The fourth-order valence-corrected chi connectivity index (χ4v) is 6.59. The Hall–Kier alpha value is -5.70. The average Bonchev–Trinajstić information content (AvgIpc) is 3.13. The monoisotopic (exact) mass is 759 g/mol. The number of aromatic nitrogens is 2. The predicted molar refractivity (Wildman–Crippen MR) is 204 cm³/mol. The van der Waals surface area contributed by atoms with Gasteiger partial charge in [0.2, 0.25) is 0 Å². The number of carbonyl (C=O) groups is 3. The molecule has 3 amide bonds. The van der Waals surface area contributed by atoms with Crippen LogP contribution < -0.4 is 20.9 Å². The van der Waals surface area contributed by atoms with E-state index in [1.807, 2.05) is 55.6 Å². The normalized spacial score (nSPS) is 17.9. The number of amides is 3. The van der Waals surface area contributed by atoms with Gasteiger partial charge in [0.15, 0.2) is 5.69 Å². The Morgan fingerprint density at radius 2 is 1.73 bits per heavy atom. The number of carbonyl (C=O) groups excluding carboxylic acids is 3. The molecule has 0 saturated carbocycles. The number of piperidine rings is 1. The van der Waals surface area contributed by atoms with Crippen molar-refractivity contribution in [3.05, 3.63) is 96.0 Å². The first-order valence-electron chi connectivity index (χ1n) is 18.0. The summed E-state index contributed by atoms with van der Waals surface area (Å²) in [6.07, 6.45) is -0.832. The summed E-state index contributed by atoms with van der Waals surface area (Å²) in [4.78, 5) is 52.3. The molecule has 2 aromatic heterocycles. The van der Waals surface area contributed by atoms with E-state index in [0.717, 1.165) is 36.2 Å². The van der Waals surface area contributed by atoms with Crippen LogP contribution in [0.15, 0.2) is 79.1 Å². The lowest BCUT2D eigenvalue weighted by atomic mass is 9.93. The van der Waals surface area contributed by atoms with Gasteiger partial charge < -0.3 is 29.9 Å². The van der Waals surface area contributed by atoms with Gasteiger partial charge in [-0.05, 0) is 75.6 Å². The van der Waals surface area contributed by atoms with Gasteiger partial charge >= 0.3 is 18.4 Å². The van der Waals surface area contributed by atoms with Gasteiger partial charge in [-0.3, -0.25) is 15.1 Å². The molecule has 4 aromatic rings. The number of alkyl carbamates (subject to hydrolysis) is 1. The van der Waals surface area contributed by atoms with E-state index >= 15 is 0 Å². The van der Waals surface area contributed by atoms with Crippen molar-refractivity contribution in [2.75, 3.05) is 48.8 Å². The van der Waals surface area contributed by atoms with Gasteiger partial charge in [0, 0.05) is 37.8 Å². The highest BCUT2D eigenvalue weighted by atomic mass is 19.4. The summed E-state index contributed by atoms with van der Waals surface area (Å²) in [6, 6.07) is 17.0. The number of alkyl halides is 3. The number of benzene rings is 2. The standard InChI is InChI=1S/C40H44F3N7O5/c1-39(2,3)55-38(53)45-30-20-29(40(41,42)43)22-50(23-30)34-12-15-44-21-33(34)47-36(51)35-32(48-37(52)54-24-25-8-6-5-7-9-25)19-28-11-10-27(18-31(28)46-35)26-13-16-49(4)17-14-26/h5-13,15,18-19,21,29-30H,14,16-17,20,22-24H2,1-4H3,(H,45,53)(H,47,51)(H,48,52)/t29?,30-/m0/s1. The zero-order valence-corrected chi connectivity index (χ0v) is 31.1. The summed E-state index contributed by atoms with van der Waals surface area (Å²) in [6.45, 7) is 6.24. The highest BCUT2D eigenvalue weighted by Gasteiger charge is 2.45. The van der Waals surface area contributed by atoms with Crippen molar-refractivity contribution in [1.82, 2.24) is 20.2 Å². The highest BCUT2D eigenvalue weighted by molar-refractivity contribution is 6.11. The van der Waals surface area contributed by atoms with E-state index in [4.69, 9.17) is 14.5 Å². The molecule has 12 nitrogen and oxygen atoms in total. The van der Waals surface area contributed by atoms with Crippen LogP contribution in [0.2, 0.25) is 0 Å². The molecule has 0 bridgehead atoms. The van der Waals surface area contributed by atoms with Crippen molar-refractivity contribution in [1.29, 1.82) is 0 Å². The third kappa shape index (κ3) is 10.3. The van der Waals surface area contributed by atoms with Crippen LogP contribution >= 0.6 is 0 Å². The van der Waals surface area contributed by atoms with E-state index < -0.39 is 48.4 Å². The summed E-state index contributed by atoms with van der Waals surface area (Å²) in [5.74, 6) is -2.53. The van der Waals surface area contributed by atoms with Crippen LogP contribution in [0.1, 0.15) is 55.2 Å². The molecule has 1 unspecified atom stereocenters. The molecule has 4 heterocycles. The first-order chi connectivity index (χ1) is 26.1. The van der Waals surface area contributed by atoms with E-state index in [1.165, 1.54) is 23.4 Å². The number of hydrogen-bond acceptors (Lipinski definition) is 9. The van der Waals surface area contributed by atoms with Crippen LogP contribution in [0.4, 0.5) is 39.8 Å². The zero-order chi connectivity index (χ0) is 39.3. The molecule has 2 aliphatic heterocycles. The van der Waals surface area contributed by atoms with Crippen molar-refractivity contribution in [3.8, 4) is 0 Å². The van der Waals surface area contributed by atoms with Gasteiger partial charge in [-0.2, -0.15) is 13.2 Å². The highest BCUT2D eigenvalue weighted by Crippen LogP contribution is 2.37. The molecule has 55 heavy (non-hydrogen) atoms. The Kier molecular flexibility index (Phi) is 11.6. The zero-order valence-electron chi connectivity index (χ0n) is 31.1. The quantitative estimate of drug-likeness (QED) is 0.166. The minimum atomic E-state index is -4.56. The number of pyridine rings is 2. The summed E-state index contributed by atoms with van der Waals surface area (Å²) < 4.78 is 53.4. The molecular weight excluding hydrogens is 715 g/mol. The number of ether oxygens (including phenoxy) is 2. The van der Waals surface area contributed by atoms with E-state index in [-0.39, 0.29) is 42.3 Å². The van der Waals surface area contributed by atoms with Gasteiger partial charge in [-0.25, -0.2) is 14.6 Å². The molecule has 2 atom stereocenters. The summed E-state index contributed by atoms with van der Waals surface area (Å²) in [5, 5.41) is 8.67. The lowest BCUT2D eigenvalue weighted by Crippen LogP contribution is -2.54. The number of halogens is 3. The van der Waals surface area contributed by atoms with Crippen molar-refractivity contribution in [2.24, 2.45) is 5.92 Å². The minimum Gasteiger partial charge on any atom is -0.444 e. The van der Waals surface area contributed by atoms with Crippen LogP contribution in [-0.4, -0.2) is 84.0 Å². The number of nitrogens with zero attached hydrogens (tertiary/aromatic N) is 4. The van der Waals surface area contributed by atoms with Gasteiger partial charge in [0.05, 0.1) is 40.7 Å². The van der Waals surface area contributed by atoms with Crippen LogP contribution in [-0.2, 0) is 16.1 Å². The summed E-state index contributed by atoms with van der Waals surface area (Å²) >= 11 is 0. The van der Waals surface area contributed by atoms with Gasteiger partial charge in [-0.15, -0.1) is 0 Å². The maximum absolute atomic E-state index is 14.2. The van der Waals surface area contributed by atoms with Crippen LogP contribution in [0.5, 0.6) is 0 Å². The topological polar surface area (TPSA) is 138 Å². The Bertz CT molecular complexity index is 2070. The van der Waals surface area contributed by atoms with E-state index in [2.05, 4.69) is 31.9 Å². The molecule has 15 heteroatoms. The van der Waals surface area contributed by atoms with Gasteiger partial charge in [0.1, 0.15) is 12.2 Å². The maximum atomic E-state index is 14.2. The smallest absolute Gasteiger partial charge is 0.412 e. The number of nitrogens with one attached hydrogen (secondary N) is 3. The number of likely N-dealkylation sites (N-methyl/N-ethyl adjacent to an activating group) is 1. The predicted octanol–water partition coefficient (Wildman–Crippen LogP) is 7.63. The second-order valence-corrected chi connectivity index (χ2v) is 14.8. The Balaban J connectivity index is 1.30. The Morgan fingerprint density at radius 1 is 0.945 bits per heavy atom. The third-order valence-electron chi connectivity index (χ3n) is 9.29. The van der Waals surface area contributed by atoms with Crippen LogP contribution in [0.3, 0.4) is 0 Å². The minimum absolute atomic E-state index is 0.00140. The molecule has 2 aromatic carbocycles. The van der Waals surface area contributed by atoms with E-state index in [9.17, 15) is 27.6 Å². The number of hydrogen-bond donors (Lipinski definition) is 3. The van der Waals surface area contributed by atoms with Crippen LogP contribution in [0.25, 0.3) is 16.5 Å². The van der Waals surface area contributed by atoms with E-state index in [0.29, 0.717) is 10.9 Å². The first-order valence-corrected chi connectivity index (χ1v) is 18.0. The molecule has 1 fully saturated rings. The molecule has 3 N–H and O–H groups in total. The molecule has 6 rings (SSSR count). The second kappa shape index (κ2) is 16.3. The molecule has 0 aliphatic carbocycles. The fraction of sp³-hybridized carbons (Fsp3) is 0.375. The average molecular weight is 760 g/mol. The first kappa shape index (κ1) is 39.0. The van der Waals surface area contributed by atoms with Gasteiger partial charge in [-0.1, -0.05) is 48.5 Å². The number of fused-ring (bicyclic) bond motifs is 1. The van der Waals surface area contributed by atoms with Crippen molar-refractivity contribution < 1.29 is 37.0 Å². The molecule has 290 valence electrons.